The van der Waals surface area contributed by atoms with E-state index in [1.165, 1.54) is 116 Å². The van der Waals surface area contributed by atoms with Crippen molar-refractivity contribution in [3.8, 4) is 0 Å². The Bertz CT molecular complexity index is 1270. The smallest absolute Gasteiger partial charge is 0.306 e. The van der Waals surface area contributed by atoms with Gasteiger partial charge in [-0.2, -0.15) is 0 Å². The number of allylic oxidation sites excluding steroid dienone is 15. The van der Waals surface area contributed by atoms with E-state index in [1.54, 1.807) is 6.08 Å². The van der Waals surface area contributed by atoms with Crippen molar-refractivity contribution in [2.75, 3.05) is 6.61 Å². The Morgan fingerprint density at radius 1 is 0.484 bits per heavy atom. The first-order chi connectivity index (χ1) is 31.5. The standard InChI is InChI=1S/C58H99NO5/c1-4-7-10-13-16-19-22-24-26-27-28-29-31-33-36-39-42-45-48-51-58(63)64-54(49-46-43-40-37-34-21-18-15-12-9-6-3)52-57(62)59-55(53-60)56(61)50-47-44-41-38-35-32-30-25-23-20-17-14-11-8-5-2/h7,10,16,19,24,26,28-29,33,36-37,40,42,45-46,49,54-56,60-61H,4-6,8-9,11-15,17-18,20-23,25,27,30-32,34-35,38-39,41,43-44,47-48,50-53H2,1-3H3,(H,59,62)/b10-7-,19-16-,26-24-,29-28-,36-33-,40-37-,45-42-,49-46+. The SMILES string of the molecule is CC/C=C\C/C=C\C/C=C\C/C=C\C/C=C\C/C=C\CCC(=O)OC(/C=C/C/C=C\CCCCCCCC)CC(=O)NC(CO)C(O)CCCCCCCCCCCCCCCCC. The van der Waals surface area contributed by atoms with Gasteiger partial charge in [0.1, 0.15) is 6.10 Å². The van der Waals surface area contributed by atoms with Crippen LogP contribution in [0.3, 0.4) is 0 Å². The van der Waals surface area contributed by atoms with Crippen molar-refractivity contribution in [1.82, 2.24) is 5.32 Å². The van der Waals surface area contributed by atoms with E-state index >= 15 is 0 Å². The number of unbranched alkanes of at least 4 members (excludes halogenated alkanes) is 20. The molecule has 64 heavy (non-hydrogen) atoms. The molecule has 0 aromatic carbocycles. The first-order valence-corrected chi connectivity index (χ1v) is 26.5. The van der Waals surface area contributed by atoms with Gasteiger partial charge < -0.3 is 20.3 Å². The lowest BCUT2D eigenvalue weighted by atomic mass is 10.0. The lowest BCUT2D eigenvalue weighted by Crippen LogP contribution is -2.46. The molecule has 366 valence electrons. The summed E-state index contributed by atoms with van der Waals surface area (Å²) in [6, 6.07) is -0.752. The van der Waals surface area contributed by atoms with Crippen molar-refractivity contribution >= 4 is 11.9 Å². The molecular formula is C58H99NO5. The van der Waals surface area contributed by atoms with Crippen LogP contribution in [0.25, 0.3) is 0 Å². The molecule has 0 radical (unpaired) electrons. The minimum atomic E-state index is -0.828. The molecule has 0 aromatic rings. The van der Waals surface area contributed by atoms with Crippen molar-refractivity contribution in [1.29, 1.82) is 0 Å². The molecule has 0 saturated heterocycles. The third-order valence-corrected chi connectivity index (χ3v) is 11.4. The first-order valence-electron chi connectivity index (χ1n) is 26.5. The summed E-state index contributed by atoms with van der Waals surface area (Å²) in [5.74, 6) is -0.708. The van der Waals surface area contributed by atoms with Gasteiger partial charge in [-0.1, -0.05) is 240 Å². The van der Waals surface area contributed by atoms with Gasteiger partial charge in [0.15, 0.2) is 0 Å². The number of carbonyl (C=O) groups excluding carboxylic acids is 2. The monoisotopic (exact) mass is 890 g/mol. The van der Waals surface area contributed by atoms with Gasteiger partial charge in [0, 0.05) is 6.42 Å². The Balaban J connectivity index is 4.70. The minimum absolute atomic E-state index is 0.0637. The maximum atomic E-state index is 13.2. The van der Waals surface area contributed by atoms with E-state index in [4.69, 9.17) is 4.74 Å². The first kappa shape index (κ1) is 60.8. The summed E-state index contributed by atoms with van der Waals surface area (Å²) in [6.07, 6.45) is 67.9. The predicted molar refractivity (Wildman–Crippen MR) is 277 cm³/mol. The molecular weight excluding hydrogens is 791 g/mol. The van der Waals surface area contributed by atoms with Gasteiger partial charge in [0.2, 0.25) is 5.91 Å². The van der Waals surface area contributed by atoms with E-state index in [0.29, 0.717) is 19.3 Å². The molecule has 0 spiro atoms. The molecule has 0 aliphatic rings. The number of hydrogen-bond donors (Lipinski definition) is 3. The summed E-state index contributed by atoms with van der Waals surface area (Å²) < 4.78 is 5.78. The van der Waals surface area contributed by atoms with Crippen molar-refractivity contribution in [2.24, 2.45) is 0 Å². The number of aliphatic hydroxyl groups excluding tert-OH is 2. The summed E-state index contributed by atoms with van der Waals surface area (Å²) in [6.45, 7) is 6.31. The van der Waals surface area contributed by atoms with Gasteiger partial charge in [-0.3, -0.25) is 9.59 Å². The van der Waals surface area contributed by atoms with Crippen molar-refractivity contribution in [3.05, 3.63) is 97.2 Å². The zero-order valence-electron chi connectivity index (χ0n) is 41.6. The van der Waals surface area contributed by atoms with E-state index in [-0.39, 0.29) is 31.3 Å². The molecule has 6 heteroatoms. The van der Waals surface area contributed by atoms with Crippen LogP contribution in [-0.2, 0) is 14.3 Å². The average molecular weight is 890 g/mol. The number of nitrogens with one attached hydrogen (secondary N) is 1. The Morgan fingerprint density at radius 2 is 0.875 bits per heavy atom. The number of aliphatic hydroxyl groups is 2. The van der Waals surface area contributed by atoms with Gasteiger partial charge in [0.05, 0.1) is 25.2 Å². The van der Waals surface area contributed by atoms with E-state index in [0.717, 1.165) is 64.2 Å². The summed E-state index contributed by atoms with van der Waals surface area (Å²) in [5, 5.41) is 23.7. The normalized spacial score (nSPS) is 14.0. The second kappa shape index (κ2) is 50.8. The van der Waals surface area contributed by atoms with Gasteiger partial charge in [-0.05, 0) is 76.7 Å². The topological polar surface area (TPSA) is 95.9 Å². The van der Waals surface area contributed by atoms with Crippen LogP contribution in [0.15, 0.2) is 97.2 Å². The molecule has 1 amide bonds. The summed E-state index contributed by atoms with van der Waals surface area (Å²) >= 11 is 0. The van der Waals surface area contributed by atoms with E-state index in [1.807, 2.05) is 12.2 Å². The summed E-state index contributed by atoms with van der Waals surface area (Å²) in [4.78, 5) is 26.0. The second-order valence-electron chi connectivity index (χ2n) is 17.5. The third kappa shape index (κ3) is 45.4. The number of esters is 1. The number of amides is 1. The molecule has 0 aliphatic carbocycles. The second-order valence-corrected chi connectivity index (χ2v) is 17.5. The molecule has 0 heterocycles. The van der Waals surface area contributed by atoms with Crippen molar-refractivity contribution < 1.29 is 24.5 Å². The van der Waals surface area contributed by atoms with Gasteiger partial charge in [-0.25, -0.2) is 0 Å². The zero-order chi connectivity index (χ0) is 46.7. The minimum Gasteiger partial charge on any atom is -0.458 e. The Labute approximate surface area is 395 Å². The molecule has 3 unspecified atom stereocenters. The van der Waals surface area contributed by atoms with Crippen molar-refractivity contribution in [3.63, 3.8) is 0 Å². The molecule has 0 bridgehead atoms. The van der Waals surface area contributed by atoms with Crippen LogP contribution in [-0.4, -0.2) is 46.9 Å². The lowest BCUT2D eigenvalue weighted by molar-refractivity contribution is -0.148. The maximum Gasteiger partial charge on any atom is 0.306 e. The quantitative estimate of drug-likeness (QED) is 0.0321. The van der Waals surface area contributed by atoms with E-state index < -0.39 is 18.2 Å². The highest BCUT2D eigenvalue weighted by molar-refractivity contribution is 5.78. The molecule has 0 rings (SSSR count). The zero-order valence-corrected chi connectivity index (χ0v) is 41.6. The molecule has 3 atom stereocenters. The average Bonchev–Trinajstić information content (AvgIpc) is 3.29. The van der Waals surface area contributed by atoms with E-state index in [9.17, 15) is 19.8 Å². The molecule has 0 fully saturated rings. The fraction of sp³-hybridized carbons (Fsp3) is 0.690. The molecule has 6 nitrogen and oxygen atoms in total. The molecule has 0 aromatic heterocycles. The van der Waals surface area contributed by atoms with Crippen LogP contribution in [0.5, 0.6) is 0 Å². The Hall–Kier alpha value is -3.22. The van der Waals surface area contributed by atoms with Gasteiger partial charge in [0.25, 0.3) is 0 Å². The van der Waals surface area contributed by atoms with Gasteiger partial charge in [-0.15, -0.1) is 0 Å². The van der Waals surface area contributed by atoms with Crippen LogP contribution < -0.4 is 5.32 Å². The number of ether oxygens (including phenoxy) is 1. The van der Waals surface area contributed by atoms with Crippen LogP contribution in [0.2, 0.25) is 0 Å². The number of hydrogen-bond acceptors (Lipinski definition) is 5. The number of rotatable bonds is 46. The lowest BCUT2D eigenvalue weighted by Gasteiger charge is -2.23. The van der Waals surface area contributed by atoms with Gasteiger partial charge >= 0.3 is 5.97 Å². The van der Waals surface area contributed by atoms with Crippen LogP contribution >= 0.6 is 0 Å². The predicted octanol–water partition coefficient (Wildman–Crippen LogP) is 16.1. The Kier molecular flexibility index (Phi) is 48.2. The molecule has 3 N–H and O–H groups in total. The number of carbonyl (C=O) groups is 2. The fourth-order valence-electron chi connectivity index (χ4n) is 7.42. The van der Waals surface area contributed by atoms with E-state index in [2.05, 4.69) is 105 Å². The highest BCUT2D eigenvalue weighted by Gasteiger charge is 2.23. The molecule has 0 aliphatic heterocycles. The summed E-state index contributed by atoms with van der Waals surface area (Å²) in [7, 11) is 0. The third-order valence-electron chi connectivity index (χ3n) is 11.4. The molecule has 0 saturated carbocycles. The largest absolute Gasteiger partial charge is 0.458 e. The van der Waals surface area contributed by atoms with Crippen LogP contribution in [0.1, 0.15) is 233 Å². The highest BCUT2D eigenvalue weighted by Crippen LogP contribution is 2.16. The Morgan fingerprint density at radius 3 is 1.33 bits per heavy atom. The highest BCUT2D eigenvalue weighted by atomic mass is 16.5. The van der Waals surface area contributed by atoms with Crippen LogP contribution in [0.4, 0.5) is 0 Å². The fourth-order valence-corrected chi connectivity index (χ4v) is 7.42. The van der Waals surface area contributed by atoms with Crippen molar-refractivity contribution in [2.45, 2.75) is 251 Å². The summed E-state index contributed by atoms with van der Waals surface area (Å²) in [5.41, 5.74) is 0. The maximum absolute atomic E-state index is 13.2. The van der Waals surface area contributed by atoms with Crippen LogP contribution in [0, 0.1) is 0 Å².